The average molecular weight is 151 g/mol. The summed E-state index contributed by atoms with van der Waals surface area (Å²) in [7, 11) is 1.97. The van der Waals surface area contributed by atoms with Crippen molar-refractivity contribution in [2.24, 2.45) is 7.05 Å². The van der Waals surface area contributed by atoms with Crippen LogP contribution in [0.25, 0.3) is 0 Å². The summed E-state index contributed by atoms with van der Waals surface area (Å²) in [5, 5.41) is 4.07. The lowest BCUT2D eigenvalue weighted by Crippen LogP contribution is -2.03. The van der Waals surface area contributed by atoms with Gasteiger partial charge in [-0.2, -0.15) is 5.10 Å². The molecule has 0 spiro atoms. The zero-order valence-corrected chi connectivity index (χ0v) is 6.82. The first-order valence-electron chi connectivity index (χ1n) is 4.22. The quantitative estimate of drug-likeness (QED) is 0.608. The molecule has 1 fully saturated rings. The molecule has 2 rings (SSSR count). The molecular weight excluding hydrogens is 138 g/mol. The predicted octanol–water partition coefficient (Wildman–Crippen LogP) is 1.47. The molecule has 0 bridgehead atoms. The lowest BCUT2D eigenvalue weighted by atomic mass is 10.1. The van der Waals surface area contributed by atoms with Crippen LogP contribution in [0.1, 0.15) is 37.4 Å². The molecule has 3 heteroatoms. The van der Waals surface area contributed by atoms with E-state index in [0.717, 1.165) is 0 Å². The van der Waals surface area contributed by atoms with Gasteiger partial charge in [0.2, 0.25) is 0 Å². The third-order valence-corrected chi connectivity index (χ3v) is 2.47. The van der Waals surface area contributed by atoms with Gasteiger partial charge in [-0.3, -0.25) is 4.68 Å². The van der Waals surface area contributed by atoms with E-state index >= 15 is 0 Å². The molecule has 11 heavy (non-hydrogen) atoms. The van der Waals surface area contributed by atoms with Crippen molar-refractivity contribution in [2.45, 2.75) is 31.6 Å². The largest absolute Gasteiger partial charge is 0.253 e. The highest BCUT2D eigenvalue weighted by atomic mass is 15.3. The zero-order valence-electron chi connectivity index (χ0n) is 6.82. The molecule has 0 unspecified atom stereocenters. The van der Waals surface area contributed by atoms with Crippen LogP contribution in [-0.2, 0) is 7.05 Å². The molecule has 0 saturated heterocycles. The summed E-state index contributed by atoms with van der Waals surface area (Å²) >= 11 is 0. The molecule has 1 aromatic heterocycles. The van der Waals surface area contributed by atoms with E-state index in [-0.39, 0.29) is 0 Å². The molecule has 0 amide bonds. The Hall–Kier alpha value is -0.860. The molecule has 1 aliphatic rings. The molecular formula is C8H13N3. The predicted molar refractivity (Wildman–Crippen MR) is 42.2 cm³/mol. The van der Waals surface area contributed by atoms with E-state index in [1.807, 2.05) is 11.7 Å². The van der Waals surface area contributed by atoms with Crippen LogP contribution in [0.4, 0.5) is 0 Å². The first kappa shape index (κ1) is 6.83. The molecule has 0 radical (unpaired) electrons. The average Bonchev–Trinajstić information content (AvgIpc) is 2.55. The normalized spacial score (nSPS) is 19.4. The van der Waals surface area contributed by atoms with Crippen LogP contribution in [0.15, 0.2) is 6.33 Å². The summed E-state index contributed by atoms with van der Waals surface area (Å²) in [6, 6.07) is 0. The second-order valence-electron chi connectivity index (χ2n) is 3.22. The highest BCUT2D eigenvalue weighted by Crippen LogP contribution is 2.32. The zero-order chi connectivity index (χ0) is 7.68. The van der Waals surface area contributed by atoms with Crippen LogP contribution in [0.5, 0.6) is 0 Å². The van der Waals surface area contributed by atoms with Crippen molar-refractivity contribution in [3.05, 3.63) is 12.2 Å². The van der Waals surface area contributed by atoms with Crippen molar-refractivity contribution in [1.82, 2.24) is 14.8 Å². The standard InChI is InChI=1S/C8H13N3/c1-11-8(9-6-10-11)7-4-2-3-5-7/h6-7H,2-5H2,1H3. The molecule has 0 aliphatic heterocycles. The van der Waals surface area contributed by atoms with Gasteiger partial charge >= 0.3 is 0 Å². The Morgan fingerprint density at radius 1 is 1.45 bits per heavy atom. The molecule has 1 saturated carbocycles. The number of hydrogen-bond donors (Lipinski definition) is 0. The van der Waals surface area contributed by atoms with Gasteiger partial charge in [0.25, 0.3) is 0 Å². The van der Waals surface area contributed by atoms with Crippen molar-refractivity contribution < 1.29 is 0 Å². The Morgan fingerprint density at radius 2 is 2.18 bits per heavy atom. The van der Waals surface area contributed by atoms with E-state index in [1.54, 1.807) is 6.33 Å². The maximum atomic E-state index is 4.25. The SMILES string of the molecule is Cn1ncnc1C1CCCC1. The molecule has 0 atom stereocenters. The summed E-state index contributed by atoms with van der Waals surface area (Å²) < 4.78 is 1.90. The van der Waals surface area contributed by atoms with E-state index < -0.39 is 0 Å². The number of aromatic nitrogens is 3. The first-order valence-corrected chi connectivity index (χ1v) is 4.22. The van der Waals surface area contributed by atoms with Gasteiger partial charge in [0.1, 0.15) is 12.2 Å². The lowest BCUT2D eigenvalue weighted by molar-refractivity contribution is 0.601. The van der Waals surface area contributed by atoms with Gasteiger partial charge < -0.3 is 0 Å². The van der Waals surface area contributed by atoms with E-state index in [1.165, 1.54) is 31.5 Å². The molecule has 1 aliphatic carbocycles. The fourth-order valence-electron chi connectivity index (χ4n) is 1.86. The second kappa shape index (κ2) is 2.64. The van der Waals surface area contributed by atoms with Gasteiger partial charge in [-0.25, -0.2) is 4.98 Å². The van der Waals surface area contributed by atoms with Gasteiger partial charge in [0, 0.05) is 13.0 Å². The van der Waals surface area contributed by atoms with Crippen molar-refractivity contribution >= 4 is 0 Å². The van der Waals surface area contributed by atoms with Crippen molar-refractivity contribution in [1.29, 1.82) is 0 Å². The van der Waals surface area contributed by atoms with E-state index in [4.69, 9.17) is 0 Å². The number of hydrogen-bond acceptors (Lipinski definition) is 2. The lowest BCUT2D eigenvalue weighted by Gasteiger charge is -2.05. The highest BCUT2D eigenvalue weighted by molar-refractivity contribution is 4.97. The van der Waals surface area contributed by atoms with Crippen LogP contribution in [-0.4, -0.2) is 14.8 Å². The van der Waals surface area contributed by atoms with Crippen LogP contribution in [0.3, 0.4) is 0 Å². The van der Waals surface area contributed by atoms with Gasteiger partial charge in [-0.15, -0.1) is 0 Å². The smallest absolute Gasteiger partial charge is 0.138 e. The Bertz CT molecular complexity index is 235. The topological polar surface area (TPSA) is 30.7 Å². The molecule has 60 valence electrons. The minimum Gasteiger partial charge on any atom is -0.253 e. The number of nitrogens with zero attached hydrogens (tertiary/aromatic N) is 3. The third kappa shape index (κ3) is 1.15. The summed E-state index contributed by atoms with van der Waals surface area (Å²) in [4.78, 5) is 4.25. The maximum absolute atomic E-state index is 4.25. The summed E-state index contributed by atoms with van der Waals surface area (Å²) in [6.07, 6.45) is 6.96. The van der Waals surface area contributed by atoms with Gasteiger partial charge in [-0.1, -0.05) is 12.8 Å². The number of aryl methyl sites for hydroxylation is 1. The van der Waals surface area contributed by atoms with Gasteiger partial charge in [0.05, 0.1) is 0 Å². The number of rotatable bonds is 1. The summed E-state index contributed by atoms with van der Waals surface area (Å²) in [6.45, 7) is 0. The Labute approximate surface area is 66.4 Å². The maximum Gasteiger partial charge on any atom is 0.138 e. The van der Waals surface area contributed by atoms with E-state index in [0.29, 0.717) is 5.92 Å². The van der Waals surface area contributed by atoms with Gasteiger partial charge in [-0.05, 0) is 12.8 Å². The Kier molecular flexibility index (Phi) is 1.64. The van der Waals surface area contributed by atoms with Crippen LogP contribution < -0.4 is 0 Å². The van der Waals surface area contributed by atoms with Crippen LogP contribution in [0.2, 0.25) is 0 Å². The minimum absolute atomic E-state index is 0.683. The van der Waals surface area contributed by atoms with Crippen molar-refractivity contribution in [2.75, 3.05) is 0 Å². The van der Waals surface area contributed by atoms with Crippen molar-refractivity contribution in [3.63, 3.8) is 0 Å². The van der Waals surface area contributed by atoms with E-state index in [2.05, 4.69) is 10.1 Å². The molecule has 0 aromatic carbocycles. The Balaban J connectivity index is 2.21. The molecule has 1 aromatic rings. The highest BCUT2D eigenvalue weighted by Gasteiger charge is 2.20. The minimum atomic E-state index is 0.683. The summed E-state index contributed by atoms with van der Waals surface area (Å²) in [5.41, 5.74) is 0. The van der Waals surface area contributed by atoms with Crippen LogP contribution in [0, 0.1) is 0 Å². The summed E-state index contributed by atoms with van der Waals surface area (Å²) in [5.74, 6) is 1.85. The van der Waals surface area contributed by atoms with E-state index in [9.17, 15) is 0 Å². The van der Waals surface area contributed by atoms with Gasteiger partial charge in [0.15, 0.2) is 0 Å². The van der Waals surface area contributed by atoms with Crippen molar-refractivity contribution in [3.8, 4) is 0 Å². The fourth-order valence-corrected chi connectivity index (χ4v) is 1.86. The fraction of sp³-hybridized carbons (Fsp3) is 0.750. The second-order valence-corrected chi connectivity index (χ2v) is 3.22. The molecule has 3 nitrogen and oxygen atoms in total. The molecule has 0 N–H and O–H groups in total. The van der Waals surface area contributed by atoms with Crippen LogP contribution >= 0.6 is 0 Å². The first-order chi connectivity index (χ1) is 5.38. The monoisotopic (exact) mass is 151 g/mol. The Morgan fingerprint density at radius 3 is 2.73 bits per heavy atom. The molecule has 1 heterocycles. The third-order valence-electron chi connectivity index (χ3n) is 2.47.